The molecule has 1 atom stereocenters. The molecule has 0 spiro atoms. The zero-order valence-electron chi connectivity index (χ0n) is 16.4. The van der Waals surface area contributed by atoms with Gasteiger partial charge in [-0.05, 0) is 42.6 Å². The van der Waals surface area contributed by atoms with Gasteiger partial charge in [-0.2, -0.15) is 14.9 Å². The van der Waals surface area contributed by atoms with Crippen molar-refractivity contribution >= 4 is 23.1 Å². The molecule has 30 heavy (non-hydrogen) atoms. The van der Waals surface area contributed by atoms with Gasteiger partial charge in [0.25, 0.3) is 5.95 Å². The lowest BCUT2D eigenvalue weighted by atomic mass is 9.91. The molecule has 1 aliphatic rings. The number of carbonyl (C=O) groups excluding carboxylic acids is 1. The molecule has 3 aromatic heterocycles. The Morgan fingerprint density at radius 2 is 2.07 bits per heavy atom. The van der Waals surface area contributed by atoms with Gasteiger partial charge in [0.1, 0.15) is 11.6 Å². The summed E-state index contributed by atoms with van der Waals surface area (Å²) in [7, 11) is 1.63. The highest BCUT2D eigenvalue weighted by Crippen LogP contribution is 2.41. The molecule has 4 aromatic rings. The minimum Gasteiger partial charge on any atom is -0.497 e. The van der Waals surface area contributed by atoms with E-state index >= 15 is 0 Å². The average Bonchev–Trinajstić information content (AvgIpc) is 3.42. The van der Waals surface area contributed by atoms with Crippen LogP contribution in [0.15, 0.2) is 48.0 Å². The van der Waals surface area contributed by atoms with Crippen LogP contribution in [0.5, 0.6) is 5.75 Å². The minimum atomic E-state index is -0.0543. The fraction of sp³-hybridized carbons (Fsp3) is 0.190. The van der Waals surface area contributed by atoms with E-state index in [1.807, 2.05) is 42.6 Å². The van der Waals surface area contributed by atoms with Crippen LogP contribution in [0.1, 0.15) is 28.5 Å². The molecule has 1 aromatic carbocycles. The summed E-state index contributed by atoms with van der Waals surface area (Å²) in [5, 5.41) is 17.9. The molecule has 0 radical (unpaired) electrons. The normalized spacial score (nSPS) is 15.5. The lowest BCUT2D eigenvalue weighted by molar-refractivity contribution is -0.116. The van der Waals surface area contributed by atoms with Crippen molar-refractivity contribution in [3.63, 3.8) is 0 Å². The number of carbonyl (C=O) groups is 1. The highest BCUT2D eigenvalue weighted by Gasteiger charge is 2.33. The molecule has 0 unspecified atom stereocenters. The van der Waals surface area contributed by atoms with Crippen LogP contribution in [0.2, 0.25) is 0 Å². The summed E-state index contributed by atoms with van der Waals surface area (Å²) in [5.74, 6) is 1.59. The molecule has 150 valence electrons. The highest BCUT2D eigenvalue weighted by atomic mass is 32.1. The number of benzene rings is 1. The average molecular weight is 418 g/mol. The van der Waals surface area contributed by atoms with E-state index in [1.165, 1.54) is 0 Å². The van der Waals surface area contributed by atoms with Gasteiger partial charge in [0, 0.05) is 28.3 Å². The van der Waals surface area contributed by atoms with Gasteiger partial charge in [-0.3, -0.25) is 4.79 Å². The summed E-state index contributed by atoms with van der Waals surface area (Å²) in [6, 6.07) is 11.6. The van der Waals surface area contributed by atoms with Crippen LogP contribution < -0.4 is 10.1 Å². The first-order chi connectivity index (χ1) is 14.6. The fourth-order valence-corrected chi connectivity index (χ4v) is 4.55. The standard InChI is InChI=1S/C21H18N6O2S/c1-12-19-15(17-4-3-9-30-17)10-18(28)24-20(19)27(26-12)21-23-16(11-22-25-21)13-5-7-14(29-2)8-6-13/h3-9,11,15H,10H2,1-2H3,(H,24,28)/t15-/m0/s1. The molecule has 1 amide bonds. The minimum absolute atomic E-state index is 0.0276. The Kier molecular flexibility index (Phi) is 4.51. The second-order valence-electron chi connectivity index (χ2n) is 6.95. The molecule has 0 fully saturated rings. The maximum atomic E-state index is 12.5. The monoisotopic (exact) mass is 418 g/mol. The van der Waals surface area contributed by atoms with Crippen molar-refractivity contribution in [1.82, 2.24) is 25.0 Å². The van der Waals surface area contributed by atoms with E-state index < -0.39 is 0 Å². The number of nitrogens with one attached hydrogen (secondary N) is 1. The first-order valence-electron chi connectivity index (χ1n) is 9.41. The smallest absolute Gasteiger partial charge is 0.272 e. The Labute approximate surface area is 176 Å². The third-order valence-electron chi connectivity index (χ3n) is 5.11. The second kappa shape index (κ2) is 7.34. The topological polar surface area (TPSA) is 94.8 Å². The number of methoxy groups -OCH3 is 1. The van der Waals surface area contributed by atoms with Crippen molar-refractivity contribution in [3.05, 3.63) is 64.1 Å². The van der Waals surface area contributed by atoms with Gasteiger partial charge in [-0.1, -0.05) is 6.07 Å². The molecule has 8 nitrogen and oxygen atoms in total. The van der Waals surface area contributed by atoms with Gasteiger partial charge in [-0.15, -0.1) is 16.4 Å². The number of hydrogen-bond acceptors (Lipinski definition) is 7. The predicted molar refractivity (Wildman–Crippen MR) is 113 cm³/mol. The molecule has 0 aliphatic carbocycles. The number of amides is 1. The van der Waals surface area contributed by atoms with E-state index in [1.54, 1.807) is 29.3 Å². The number of nitrogens with zero attached hydrogens (tertiary/aromatic N) is 5. The summed E-state index contributed by atoms with van der Waals surface area (Å²) in [4.78, 5) is 18.2. The fourth-order valence-electron chi connectivity index (χ4n) is 3.71. The first-order valence-corrected chi connectivity index (χ1v) is 10.3. The molecule has 4 heterocycles. The van der Waals surface area contributed by atoms with Crippen molar-refractivity contribution in [1.29, 1.82) is 0 Å². The molecule has 5 rings (SSSR count). The molecule has 9 heteroatoms. The van der Waals surface area contributed by atoms with Crippen LogP contribution in [-0.4, -0.2) is 38.0 Å². The molecule has 0 saturated heterocycles. The number of thiophene rings is 1. The van der Waals surface area contributed by atoms with E-state index in [0.717, 1.165) is 27.4 Å². The molecular weight excluding hydrogens is 400 g/mol. The summed E-state index contributed by atoms with van der Waals surface area (Å²) in [5.41, 5.74) is 3.36. The van der Waals surface area contributed by atoms with Gasteiger partial charge >= 0.3 is 0 Å². The van der Waals surface area contributed by atoms with Gasteiger partial charge in [0.05, 0.1) is 24.7 Å². The quantitative estimate of drug-likeness (QED) is 0.544. The van der Waals surface area contributed by atoms with Gasteiger partial charge < -0.3 is 10.1 Å². The Hall–Kier alpha value is -3.59. The summed E-state index contributed by atoms with van der Waals surface area (Å²) >= 11 is 1.64. The maximum Gasteiger partial charge on any atom is 0.272 e. The van der Waals surface area contributed by atoms with E-state index in [2.05, 4.69) is 31.7 Å². The first kappa shape index (κ1) is 18.4. The zero-order chi connectivity index (χ0) is 20.7. The predicted octanol–water partition coefficient (Wildman–Crippen LogP) is 3.58. The molecule has 1 N–H and O–H groups in total. The Morgan fingerprint density at radius 1 is 1.23 bits per heavy atom. The van der Waals surface area contributed by atoms with Gasteiger partial charge in [-0.25, -0.2) is 4.98 Å². The molecule has 0 bridgehead atoms. The third kappa shape index (κ3) is 3.13. The lowest BCUT2D eigenvalue weighted by Gasteiger charge is -2.22. The Morgan fingerprint density at radius 3 is 2.80 bits per heavy atom. The number of rotatable bonds is 4. The van der Waals surface area contributed by atoms with Crippen molar-refractivity contribution in [2.24, 2.45) is 0 Å². The number of fused-ring (bicyclic) bond motifs is 1. The molecule has 1 aliphatic heterocycles. The van der Waals surface area contributed by atoms with Crippen LogP contribution in [0.25, 0.3) is 17.2 Å². The van der Waals surface area contributed by atoms with E-state index in [-0.39, 0.29) is 11.8 Å². The Balaban J connectivity index is 1.59. The zero-order valence-corrected chi connectivity index (χ0v) is 17.2. The van der Waals surface area contributed by atoms with Crippen molar-refractivity contribution in [2.45, 2.75) is 19.3 Å². The summed E-state index contributed by atoms with van der Waals surface area (Å²) in [6.07, 6.45) is 1.99. The Bertz CT molecular complexity index is 1220. The SMILES string of the molecule is COc1ccc(-c2cnnc(-n3nc(C)c4c3NC(=O)C[C@H]4c3cccs3)n2)cc1. The number of aryl methyl sites for hydroxylation is 1. The van der Waals surface area contributed by atoms with Crippen LogP contribution in [-0.2, 0) is 4.79 Å². The summed E-state index contributed by atoms with van der Waals surface area (Å²) in [6.45, 7) is 1.94. The van der Waals surface area contributed by atoms with Gasteiger partial charge in [0.2, 0.25) is 5.91 Å². The van der Waals surface area contributed by atoms with E-state index in [4.69, 9.17) is 4.74 Å². The van der Waals surface area contributed by atoms with Crippen molar-refractivity contribution < 1.29 is 9.53 Å². The second-order valence-corrected chi connectivity index (χ2v) is 7.93. The van der Waals surface area contributed by atoms with Gasteiger partial charge in [0.15, 0.2) is 0 Å². The summed E-state index contributed by atoms with van der Waals surface area (Å²) < 4.78 is 6.78. The van der Waals surface area contributed by atoms with Crippen LogP contribution in [0.4, 0.5) is 5.82 Å². The lowest BCUT2D eigenvalue weighted by Crippen LogP contribution is -2.25. The third-order valence-corrected chi connectivity index (χ3v) is 6.10. The number of anilines is 1. The number of hydrogen-bond donors (Lipinski definition) is 1. The van der Waals surface area contributed by atoms with E-state index in [9.17, 15) is 4.79 Å². The number of ether oxygens (including phenoxy) is 1. The highest BCUT2D eigenvalue weighted by molar-refractivity contribution is 7.10. The van der Waals surface area contributed by atoms with Crippen molar-refractivity contribution in [2.75, 3.05) is 12.4 Å². The van der Waals surface area contributed by atoms with Crippen LogP contribution >= 0.6 is 11.3 Å². The maximum absolute atomic E-state index is 12.5. The van der Waals surface area contributed by atoms with Crippen LogP contribution in [0.3, 0.4) is 0 Å². The number of aromatic nitrogens is 5. The molecule has 0 saturated carbocycles. The van der Waals surface area contributed by atoms with Crippen LogP contribution in [0, 0.1) is 6.92 Å². The van der Waals surface area contributed by atoms with Crippen molar-refractivity contribution in [3.8, 4) is 23.0 Å². The largest absolute Gasteiger partial charge is 0.497 e. The molecular formula is C21H18N6O2S. The van der Waals surface area contributed by atoms with E-state index in [0.29, 0.717) is 23.9 Å².